The Morgan fingerprint density at radius 3 is 2.29 bits per heavy atom. The van der Waals surface area contributed by atoms with Crippen LogP contribution in [-0.4, -0.2) is 35.2 Å². The van der Waals surface area contributed by atoms with Gasteiger partial charge in [-0.05, 0) is 43.2 Å². The van der Waals surface area contributed by atoms with Crippen LogP contribution in [-0.2, 0) is 11.3 Å². The van der Waals surface area contributed by atoms with Gasteiger partial charge in [0.15, 0.2) is 5.69 Å². The average molecular weight is 481 g/mol. The zero-order valence-electron chi connectivity index (χ0n) is 20.2. The number of amides is 1. The zero-order valence-corrected chi connectivity index (χ0v) is 20.2. The Morgan fingerprint density at radius 1 is 1.00 bits per heavy atom. The SMILES string of the molecule is CCCCN(C(=O)CCOc1ccc(OCC)cc1)c1c(N)n(Cc2ccccc2)c(=O)[nH]c1=O. The molecule has 0 saturated heterocycles. The minimum Gasteiger partial charge on any atom is -0.494 e. The average Bonchev–Trinajstić information content (AvgIpc) is 2.85. The van der Waals surface area contributed by atoms with Crippen molar-refractivity contribution in [3.8, 4) is 11.5 Å². The van der Waals surface area contributed by atoms with Gasteiger partial charge in [-0.25, -0.2) is 4.79 Å². The lowest BCUT2D eigenvalue weighted by atomic mass is 10.2. The van der Waals surface area contributed by atoms with Crippen LogP contribution in [0, 0.1) is 0 Å². The Balaban J connectivity index is 1.79. The molecule has 0 atom stereocenters. The van der Waals surface area contributed by atoms with Gasteiger partial charge in [-0.2, -0.15) is 0 Å². The van der Waals surface area contributed by atoms with Crippen LogP contribution in [0.4, 0.5) is 11.5 Å². The standard InChI is InChI=1S/C26H32N4O5/c1-3-5-16-29(22(31)15-17-35-21-13-11-20(12-14-21)34-4-2)23-24(27)30(26(33)28-25(23)32)18-19-9-7-6-8-10-19/h6-14H,3-5,15-18,27H2,1-2H3,(H,28,32,33). The first-order valence-corrected chi connectivity index (χ1v) is 11.8. The predicted molar refractivity (Wildman–Crippen MR) is 136 cm³/mol. The van der Waals surface area contributed by atoms with Crippen molar-refractivity contribution in [1.29, 1.82) is 0 Å². The van der Waals surface area contributed by atoms with Gasteiger partial charge < -0.3 is 20.1 Å². The number of ether oxygens (including phenoxy) is 2. The maximum atomic E-state index is 13.2. The first kappa shape index (κ1) is 25.6. The number of carbonyl (C=O) groups excluding carboxylic acids is 1. The van der Waals surface area contributed by atoms with Crippen molar-refractivity contribution in [2.24, 2.45) is 0 Å². The van der Waals surface area contributed by atoms with Gasteiger partial charge in [0, 0.05) is 6.54 Å². The van der Waals surface area contributed by atoms with E-state index in [-0.39, 0.29) is 37.0 Å². The van der Waals surface area contributed by atoms with Crippen molar-refractivity contribution in [3.05, 3.63) is 81.0 Å². The summed E-state index contributed by atoms with van der Waals surface area (Å²) >= 11 is 0. The summed E-state index contributed by atoms with van der Waals surface area (Å²) in [7, 11) is 0. The lowest BCUT2D eigenvalue weighted by Crippen LogP contribution is -2.42. The first-order chi connectivity index (χ1) is 16.9. The van der Waals surface area contributed by atoms with Gasteiger partial charge >= 0.3 is 5.69 Å². The second kappa shape index (κ2) is 12.5. The van der Waals surface area contributed by atoms with E-state index in [1.807, 2.05) is 44.2 Å². The molecule has 35 heavy (non-hydrogen) atoms. The minimum atomic E-state index is -0.686. The number of hydrogen-bond donors (Lipinski definition) is 2. The third kappa shape index (κ3) is 6.75. The summed E-state index contributed by atoms with van der Waals surface area (Å²) in [5.41, 5.74) is 5.83. The Labute approximate surface area is 204 Å². The highest BCUT2D eigenvalue weighted by molar-refractivity contribution is 5.95. The number of benzene rings is 2. The summed E-state index contributed by atoms with van der Waals surface area (Å²) in [5.74, 6) is 0.989. The van der Waals surface area contributed by atoms with E-state index in [1.165, 1.54) is 9.47 Å². The van der Waals surface area contributed by atoms with Crippen molar-refractivity contribution in [2.75, 3.05) is 30.4 Å². The lowest BCUT2D eigenvalue weighted by Gasteiger charge is -2.24. The molecule has 0 aliphatic rings. The lowest BCUT2D eigenvalue weighted by molar-refractivity contribution is -0.119. The number of rotatable bonds is 12. The van der Waals surface area contributed by atoms with Gasteiger partial charge in [-0.15, -0.1) is 0 Å². The fraction of sp³-hybridized carbons (Fsp3) is 0.346. The summed E-state index contributed by atoms with van der Waals surface area (Å²) < 4.78 is 12.4. The molecule has 1 amide bonds. The van der Waals surface area contributed by atoms with Gasteiger partial charge in [0.05, 0.1) is 26.2 Å². The maximum absolute atomic E-state index is 13.2. The molecule has 2 aromatic carbocycles. The molecule has 9 heteroatoms. The quantitative estimate of drug-likeness (QED) is 0.411. The highest BCUT2D eigenvalue weighted by Gasteiger charge is 2.24. The molecule has 0 unspecified atom stereocenters. The van der Waals surface area contributed by atoms with Crippen molar-refractivity contribution >= 4 is 17.4 Å². The topological polar surface area (TPSA) is 120 Å². The van der Waals surface area contributed by atoms with Gasteiger partial charge in [0.25, 0.3) is 5.56 Å². The van der Waals surface area contributed by atoms with Gasteiger partial charge in [-0.3, -0.25) is 19.1 Å². The number of unbranched alkanes of at least 4 members (excludes halogenated alkanes) is 1. The minimum absolute atomic E-state index is 0.0138. The number of H-pyrrole nitrogens is 1. The number of nitrogens with one attached hydrogen (secondary N) is 1. The third-order valence-corrected chi connectivity index (χ3v) is 5.42. The molecule has 3 rings (SSSR count). The molecule has 3 aromatic rings. The highest BCUT2D eigenvalue weighted by atomic mass is 16.5. The van der Waals surface area contributed by atoms with E-state index < -0.39 is 11.2 Å². The Bertz CT molecular complexity index is 1220. The summed E-state index contributed by atoms with van der Waals surface area (Å²) in [6, 6.07) is 16.4. The molecule has 0 aliphatic heterocycles. The molecular weight excluding hydrogens is 448 g/mol. The van der Waals surface area contributed by atoms with Crippen LogP contribution >= 0.6 is 0 Å². The second-order valence-corrected chi connectivity index (χ2v) is 7.97. The molecule has 0 saturated carbocycles. The summed E-state index contributed by atoms with van der Waals surface area (Å²) in [6.07, 6.45) is 1.52. The van der Waals surface area contributed by atoms with E-state index in [0.717, 1.165) is 17.7 Å². The van der Waals surface area contributed by atoms with Gasteiger partial charge in [0.2, 0.25) is 5.91 Å². The number of hydrogen-bond acceptors (Lipinski definition) is 6. The van der Waals surface area contributed by atoms with Crippen LogP contribution in [0.3, 0.4) is 0 Å². The summed E-state index contributed by atoms with van der Waals surface area (Å²) in [5, 5.41) is 0. The molecule has 0 aliphatic carbocycles. The van der Waals surface area contributed by atoms with Crippen molar-refractivity contribution in [2.45, 2.75) is 39.7 Å². The molecule has 1 heterocycles. The van der Waals surface area contributed by atoms with Gasteiger partial charge in [0.1, 0.15) is 17.3 Å². The molecule has 186 valence electrons. The number of aromatic amines is 1. The Kier molecular flexibility index (Phi) is 9.11. The van der Waals surface area contributed by atoms with Crippen LogP contribution in [0.2, 0.25) is 0 Å². The predicted octanol–water partition coefficient (Wildman–Crippen LogP) is 3.17. The molecule has 1 aromatic heterocycles. The van der Waals surface area contributed by atoms with Crippen LogP contribution in [0.25, 0.3) is 0 Å². The first-order valence-electron chi connectivity index (χ1n) is 11.8. The zero-order chi connectivity index (χ0) is 25.2. The Morgan fingerprint density at radius 2 is 1.66 bits per heavy atom. The number of aromatic nitrogens is 2. The summed E-state index contributed by atoms with van der Waals surface area (Å²) in [4.78, 5) is 42.1. The maximum Gasteiger partial charge on any atom is 0.330 e. The summed E-state index contributed by atoms with van der Waals surface area (Å²) in [6.45, 7) is 5.06. The van der Waals surface area contributed by atoms with Crippen LogP contribution in [0.15, 0.2) is 64.2 Å². The number of nitrogens with two attached hydrogens (primary N) is 1. The fourth-order valence-corrected chi connectivity index (χ4v) is 3.63. The van der Waals surface area contributed by atoms with Crippen LogP contribution < -0.4 is 31.4 Å². The largest absolute Gasteiger partial charge is 0.494 e. The molecule has 0 fully saturated rings. The van der Waals surface area contributed by atoms with E-state index in [4.69, 9.17) is 15.2 Å². The van der Waals surface area contributed by atoms with E-state index in [2.05, 4.69) is 4.98 Å². The molecular formula is C26H32N4O5. The molecule has 0 spiro atoms. The van der Waals surface area contributed by atoms with Crippen LogP contribution in [0.1, 0.15) is 38.7 Å². The van der Waals surface area contributed by atoms with E-state index in [0.29, 0.717) is 25.3 Å². The smallest absolute Gasteiger partial charge is 0.330 e. The highest BCUT2D eigenvalue weighted by Crippen LogP contribution is 2.21. The molecule has 3 N–H and O–H groups in total. The van der Waals surface area contributed by atoms with Crippen molar-refractivity contribution < 1.29 is 14.3 Å². The third-order valence-electron chi connectivity index (χ3n) is 5.42. The Hall–Kier alpha value is -4.01. The van der Waals surface area contributed by atoms with Crippen molar-refractivity contribution in [1.82, 2.24) is 9.55 Å². The monoisotopic (exact) mass is 480 g/mol. The van der Waals surface area contributed by atoms with Gasteiger partial charge in [-0.1, -0.05) is 43.7 Å². The molecule has 0 radical (unpaired) electrons. The fourth-order valence-electron chi connectivity index (χ4n) is 3.63. The van der Waals surface area contributed by atoms with E-state index in [1.54, 1.807) is 24.3 Å². The second-order valence-electron chi connectivity index (χ2n) is 7.97. The number of carbonyl (C=O) groups is 1. The van der Waals surface area contributed by atoms with E-state index in [9.17, 15) is 14.4 Å². The number of anilines is 2. The van der Waals surface area contributed by atoms with Crippen LogP contribution in [0.5, 0.6) is 11.5 Å². The number of nitrogen functional groups attached to an aromatic ring is 1. The normalized spacial score (nSPS) is 10.7. The molecule has 0 bridgehead atoms. The molecule has 9 nitrogen and oxygen atoms in total. The number of nitrogens with zero attached hydrogens (tertiary/aromatic N) is 2. The van der Waals surface area contributed by atoms with Crippen molar-refractivity contribution in [3.63, 3.8) is 0 Å². The van der Waals surface area contributed by atoms with E-state index >= 15 is 0 Å².